The summed E-state index contributed by atoms with van der Waals surface area (Å²) in [5.74, 6) is 0.222. The highest BCUT2D eigenvalue weighted by Crippen LogP contribution is 2.37. The predicted octanol–water partition coefficient (Wildman–Crippen LogP) is 2.22. The maximum atomic E-state index is 13.2. The van der Waals surface area contributed by atoms with Gasteiger partial charge in [0.15, 0.2) is 9.84 Å². The van der Waals surface area contributed by atoms with E-state index >= 15 is 0 Å². The summed E-state index contributed by atoms with van der Waals surface area (Å²) >= 11 is 3.21. The first-order chi connectivity index (χ1) is 11.6. The van der Waals surface area contributed by atoms with Crippen molar-refractivity contribution >= 4 is 41.5 Å². The van der Waals surface area contributed by atoms with Crippen LogP contribution in [0, 0.1) is 0 Å². The van der Waals surface area contributed by atoms with E-state index in [-0.39, 0.29) is 26.7 Å². The summed E-state index contributed by atoms with van der Waals surface area (Å²) < 4.78 is 57.1. The Balaban J connectivity index is 2.18. The molecule has 2 heterocycles. The molecule has 1 atom stereocenters. The Morgan fingerprint density at radius 2 is 1.96 bits per heavy atom. The van der Waals surface area contributed by atoms with Crippen LogP contribution in [0.5, 0.6) is 5.88 Å². The number of hydrogen-bond acceptors (Lipinski definition) is 6. The Morgan fingerprint density at radius 1 is 1.24 bits per heavy atom. The van der Waals surface area contributed by atoms with Gasteiger partial charge in [-0.2, -0.15) is 0 Å². The number of pyridine rings is 1. The van der Waals surface area contributed by atoms with Gasteiger partial charge in [0.2, 0.25) is 5.88 Å². The van der Waals surface area contributed by atoms with Crippen LogP contribution in [0.15, 0.2) is 50.8 Å². The fourth-order valence-electron chi connectivity index (χ4n) is 2.48. The van der Waals surface area contributed by atoms with Crippen LogP contribution in [0.4, 0.5) is 5.69 Å². The maximum Gasteiger partial charge on any atom is 0.265 e. The fourth-order valence-corrected chi connectivity index (χ4v) is 5.69. The number of anilines is 1. The van der Waals surface area contributed by atoms with E-state index in [1.165, 1.54) is 22.6 Å². The highest BCUT2D eigenvalue weighted by molar-refractivity contribution is 9.10. The molecule has 1 unspecified atom stereocenters. The average Bonchev–Trinajstić information content (AvgIpc) is 2.53. The van der Waals surface area contributed by atoms with Crippen LogP contribution in [-0.4, -0.2) is 40.7 Å². The molecule has 1 aromatic heterocycles. The molecule has 0 fully saturated rings. The van der Waals surface area contributed by atoms with Crippen LogP contribution in [0.1, 0.15) is 6.92 Å². The average molecular weight is 447 g/mol. The van der Waals surface area contributed by atoms with Crippen molar-refractivity contribution in [1.29, 1.82) is 0 Å². The van der Waals surface area contributed by atoms with E-state index in [4.69, 9.17) is 4.74 Å². The molecular formula is C15H15BrN2O5S2. The van der Waals surface area contributed by atoms with Crippen molar-refractivity contribution in [3.8, 4) is 5.88 Å². The Bertz CT molecular complexity index is 1040. The van der Waals surface area contributed by atoms with E-state index in [2.05, 4.69) is 20.9 Å². The van der Waals surface area contributed by atoms with Crippen LogP contribution in [0.2, 0.25) is 0 Å². The number of sulfonamides is 1. The summed E-state index contributed by atoms with van der Waals surface area (Å²) in [5.41, 5.74) is 0.317. The molecule has 10 heteroatoms. The molecule has 1 aromatic carbocycles. The third-order valence-electron chi connectivity index (χ3n) is 3.65. The van der Waals surface area contributed by atoms with Crippen molar-refractivity contribution in [1.82, 2.24) is 4.98 Å². The van der Waals surface area contributed by atoms with Gasteiger partial charge in [0.05, 0.1) is 11.4 Å². The standard InChI is InChI=1S/C15H15BrN2O5S2/c1-10-9-18(13-4-3-7-17-15(13)23-10)25(21,22)14-8-11(24(2,19)20)5-6-12(14)16/h3-8,10H,9H2,1-2H3. The molecule has 134 valence electrons. The number of halogens is 1. The molecule has 0 spiro atoms. The predicted molar refractivity (Wildman–Crippen MR) is 96.1 cm³/mol. The number of fused-ring (bicyclic) bond motifs is 1. The zero-order chi connectivity index (χ0) is 18.4. The minimum atomic E-state index is -4.02. The number of aromatic nitrogens is 1. The van der Waals surface area contributed by atoms with Gasteiger partial charge in [0, 0.05) is 16.9 Å². The second-order valence-electron chi connectivity index (χ2n) is 5.66. The van der Waals surface area contributed by atoms with Crippen molar-refractivity contribution in [2.45, 2.75) is 22.8 Å². The Hall–Kier alpha value is -1.65. The molecule has 25 heavy (non-hydrogen) atoms. The lowest BCUT2D eigenvalue weighted by atomic mass is 10.3. The molecular weight excluding hydrogens is 432 g/mol. The lowest BCUT2D eigenvalue weighted by Crippen LogP contribution is -2.42. The minimum absolute atomic E-state index is 0.0676. The molecule has 1 aliphatic heterocycles. The van der Waals surface area contributed by atoms with Gasteiger partial charge in [-0.15, -0.1) is 0 Å². The second kappa shape index (κ2) is 6.26. The smallest absolute Gasteiger partial charge is 0.265 e. The van der Waals surface area contributed by atoms with E-state index in [0.29, 0.717) is 5.69 Å². The number of benzene rings is 1. The van der Waals surface area contributed by atoms with Crippen LogP contribution >= 0.6 is 15.9 Å². The monoisotopic (exact) mass is 446 g/mol. The molecule has 0 saturated carbocycles. The lowest BCUT2D eigenvalue weighted by Gasteiger charge is -2.33. The molecule has 0 aliphatic carbocycles. The molecule has 0 amide bonds. The molecule has 7 nitrogen and oxygen atoms in total. The summed E-state index contributed by atoms with van der Waals surface area (Å²) in [7, 11) is -7.56. The first-order valence-electron chi connectivity index (χ1n) is 7.25. The summed E-state index contributed by atoms with van der Waals surface area (Å²) in [4.78, 5) is 3.88. The number of sulfone groups is 1. The largest absolute Gasteiger partial charge is 0.471 e. The van der Waals surface area contributed by atoms with E-state index < -0.39 is 26.0 Å². The minimum Gasteiger partial charge on any atom is -0.471 e. The Labute approximate surface area is 154 Å². The zero-order valence-electron chi connectivity index (χ0n) is 13.4. The van der Waals surface area contributed by atoms with Gasteiger partial charge in [-0.05, 0) is 53.2 Å². The first-order valence-corrected chi connectivity index (χ1v) is 11.4. The summed E-state index contributed by atoms with van der Waals surface area (Å²) in [5, 5.41) is 0. The SMILES string of the molecule is CC1CN(S(=O)(=O)c2cc(S(C)(=O)=O)ccc2Br)c2cccnc2O1. The summed E-state index contributed by atoms with van der Waals surface area (Å²) in [6, 6.07) is 7.14. The van der Waals surface area contributed by atoms with Gasteiger partial charge >= 0.3 is 0 Å². The van der Waals surface area contributed by atoms with Gasteiger partial charge < -0.3 is 4.74 Å². The quantitative estimate of drug-likeness (QED) is 0.717. The Kier molecular flexibility index (Phi) is 4.54. The van der Waals surface area contributed by atoms with E-state index in [0.717, 1.165) is 12.3 Å². The van der Waals surface area contributed by atoms with Crippen molar-refractivity contribution in [3.05, 3.63) is 41.0 Å². The molecule has 0 bridgehead atoms. The number of rotatable bonds is 3. The topological polar surface area (TPSA) is 93.6 Å². The second-order valence-corrected chi connectivity index (χ2v) is 10.4. The third-order valence-corrected chi connectivity index (χ3v) is 7.54. The highest BCUT2D eigenvalue weighted by Gasteiger charge is 2.35. The van der Waals surface area contributed by atoms with Crippen LogP contribution in [0.3, 0.4) is 0 Å². The molecule has 3 rings (SSSR count). The van der Waals surface area contributed by atoms with Gasteiger partial charge in [0.25, 0.3) is 10.0 Å². The highest BCUT2D eigenvalue weighted by atomic mass is 79.9. The number of hydrogen-bond donors (Lipinski definition) is 0. The van der Waals surface area contributed by atoms with Gasteiger partial charge in [-0.1, -0.05) is 0 Å². The third kappa shape index (κ3) is 3.38. The zero-order valence-corrected chi connectivity index (χ0v) is 16.6. The first kappa shape index (κ1) is 18.2. The lowest BCUT2D eigenvalue weighted by molar-refractivity contribution is 0.210. The molecule has 0 N–H and O–H groups in total. The van der Waals surface area contributed by atoms with Crippen LogP contribution < -0.4 is 9.04 Å². The van der Waals surface area contributed by atoms with Gasteiger partial charge in [-0.25, -0.2) is 21.8 Å². The van der Waals surface area contributed by atoms with Crippen molar-refractivity contribution in [2.24, 2.45) is 0 Å². The van der Waals surface area contributed by atoms with Crippen molar-refractivity contribution in [3.63, 3.8) is 0 Å². The van der Waals surface area contributed by atoms with Gasteiger partial charge in [-0.3, -0.25) is 4.31 Å². The number of ether oxygens (including phenoxy) is 1. The van der Waals surface area contributed by atoms with Crippen LogP contribution in [0.25, 0.3) is 0 Å². The number of nitrogens with zero attached hydrogens (tertiary/aromatic N) is 2. The van der Waals surface area contributed by atoms with Crippen molar-refractivity contribution < 1.29 is 21.6 Å². The van der Waals surface area contributed by atoms with E-state index in [1.54, 1.807) is 19.1 Å². The van der Waals surface area contributed by atoms with Gasteiger partial charge in [0.1, 0.15) is 16.7 Å². The molecule has 0 radical (unpaired) electrons. The van der Waals surface area contributed by atoms with Crippen molar-refractivity contribution in [2.75, 3.05) is 17.1 Å². The normalized spacial score (nSPS) is 17.7. The van der Waals surface area contributed by atoms with Crippen LogP contribution in [-0.2, 0) is 19.9 Å². The maximum absolute atomic E-state index is 13.2. The molecule has 1 aliphatic rings. The summed E-state index contributed by atoms with van der Waals surface area (Å²) in [6.45, 7) is 1.83. The fraction of sp³-hybridized carbons (Fsp3) is 0.267. The van der Waals surface area contributed by atoms with E-state index in [1.807, 2.05) is 0 Å². The summed E-state index contributed by atoms with van der Waals surface area (Å²) in [6.07, 6.45) is 2.15. The molecule has 0 saturated heterocycles. The van der Waals surface area contributed by atoms with E-state index in [9.17, 15) is 16.8 Å². The molecule has 2 aromatic rings. The Morgan fingerprint density at radius 3 is 2.64 bits per heavy atom.